The molecule has 74 heavy (non-hydrogen) atoms. The molecule has 0 aliphatic carbocycles. The molecule has 0 saturated heterocycles. The number of nitrogens with zero attached hydrogens (tertiary/aromatic N) is 1. The Labute approximate surface area is 429 Å². The predicted molar refractivity (Wildman–Crippen MR) is 273 cm³/mol. The summed E-state index contributed by atoms with van der Waals surface area (Å²) in [4.78, 5) is 123. The van der Waals surface area contributed by atoms with Crippen LogP contribution in [0.5, 0.6) is 5.75 Å². The van der Waals surface area contributed by atoms with Crippen LogP contribution in [0, 0.1) is 5.92 Å². The molecule has 2 aromatic carbocycles. The van der Waals surface area contributed by atoms with Gasteiger partial charge in [0.25, 0.3) is 0 Å². The van der Waals surface area contributed by atoms with Crippen molar-refractivity contribution >= 4 is 59.2 Å². The lowest BCUT2D eigenvalue weighted by Gasteiger charge is -2.28. The molecular weight excluding hydrogens is 965 g/mol. The Bertz CT molecular complexity index is 2160. The van der Waals surface area contributed by atoms with Gasteiger partial charge in [-0.3, -0.25) is 48.1 Å². The predicted octanol–water partition coefficient (Wildman–Crippen LogP) is -4.31. The molecule has 410 valence electrons. The number of carbonyl (C=O) groups is 9. The number of nitrogens with one attached hydrogen (secondary N) is 8. The number of amides is 8. The minimum absolute atomic E-state index is 0.0452. The van der Waals surface area contributed by atoms with E-state index in [1.807, 2.05) is 0 Å². The highest BCUT2D eigenvalue weighted by Crippen LogP contribution is 2.13. The summed E-state index contributed by atoms with van der Waals surface area (Å²) in [7, 11) is 0. The zero-order valence-electron chi connectivity index (χ0n) is 42.0. The summed E-state index contributed by atoms with van der Waals surface area (Å²) >= 11 is 0. The highest BCUT2D eigenvalue weighted by atomic mass is 16.4. The molecular formula is C48H76N14O12. The van der Waals surface area contributed by atoms with Crippen LogP contribution in [0.25, 0.3) is 0 Å². The topological polar surface area (TPSA) is 453 Å². The average molecular weight is 1040 g/mol. The molecule has 7 atom stereocenters. The molecule has 0 heterocycles. The molecule has 26 nitrogen and oxygen atoms in total. The summed E-state index contributed by atoms with van der Waals surface area (Å²) < 4.78 is 0. The number of aliphatic imine (C=N–C) groups is 1. The Hall–Kier alpha value is -7.42. The number of phenols is 1. The first-order valence-electron chi connectivity index (χ1n) is 24.4. The number of carboxylic acid groups (broad SMARTS) is 1. The highest BCUT2D eigenvalue weighted by Gasteiger charge is 2.33. The third kappa shape index (κ3) is 24.3. The van der Waals surface area contributed by atoms with E-state index in [4.69, 9.17) is 33.8 Å². The second-order valence-electron chi connectivity index (χ2n) is 17.8. The van der Waals surface area contributed by atoms with Gasteiger partial charge in [0.2, 0.25) is 47.3 Å². The molecule has 8 amide bonds. The van der Waals surface area contributed by atoms with Gasteiger partial charge in [0.15, 0.2) is 5.96 Å². The van der Waals surface area contributed by atoms with Gasteiger partial charge >= 0.3 is 5.97 Å². The Balaban J connectivity index is 2.25. The van der Waals surface area contributed by atoms with Crippen LogP contribution in [0.2, 0.25) is 0 Å². The van der Waals surface area contributed by atoms with Gasteiger partial charge < -0.3 is 86.5 Å². The minimum atomic E-state index is -1.51. The molecule has 2 aromatic rings. The summed E-state index contributed by atoms with van der Waals surface area (Å²) in [6, 6.07) is 5.34. The number of phenolic OH excluding ortho intramolecular Hbond substituents is 1. The number of benzene rings is 2. The number of carbonyl (C=O) groups excluding carboxylic acids is 8. The summed E-state index contributed by atoms with van der Waals surface area (Å²) in [5.41, 5.74) is 29.2. The maximum Gasteiger partial charge on any atom is 0.322 e. The number of carboxylic acids is 1. The van der Waals surface area contributed by atoms with Crippen LogP contribution in [0.1, 0.15) is 76.3 Å². The van der Waals surface area contributed by atoms with Crippen molar-refractivity contribution in [1.29, 1.82) is 0 Å². The molecule has 0 unspecified atom stereocenters. The standard InChI is InChI=1S/C48H76N14O12/c1-28(2)40(62-38(65)25-55-42(69)35(23-29-11-4-3-5-12-29)60-46(73)37(27-63)61-41(68)32(51)13-10-22-54-48(52)53)47(74)58-34(15-7-9-21-50)44(71)57-33(14-6-8-20-49)45(72)59-36(43(70)56-26-39(66)67)24-30-16-18-31(64)19-17-30/h3-5,11-12,16-19,28,32-37,40,63-64H,6-10,13-15,20-27,49-51H2,1-2H3,(H,55,69)(H,56,70)(H,57,71)(H,58,74)(H,59,72)(H,60,73)(H,61,68)(H,62,65)(H,66,67)(H4,52,53,54)/t32-,33-,34-,35-,36-,37-,40-/m0/s1. The van der Waals surface area contributed by atoms with E-state index < -0.39 is 121 Å². The first-order valence-corrected chi connectivity index (χ1v) is 24.4. The minimum Gasteiger partial charge on any atom is -0.508 e. The first kappa shape index (κ1) is 62.7. The molecule has 0 bridgehead atoms. The van der Waals surface area contributed by atoms with Gasteiger partial charge in [0.1, 0.15) is 48.5 Å². The summed E-state index contributed by atoms with van der Waals surface area (Å²) in [5, 5.41) is 49.1. The molecule has 2 rings (SSSR count). The monoisotopic (exact) mass is 1040 g/mol. The highest BCUT2D eigenvalue weighted by molar-refractivity contribution is 5.97. The van der Waals surface area contributed by atoms with Crippen LogP contribution in [-0.2, 0) is 56.0 Å². The van der Waals surface area contributed by atoms with E-state index >= 15 is 0 Å². The van der Waals surface area contributed by atoms with Crippen LogP contribution in [0.3, 0.4) is 0 Å². The van der Waals surface area contributed by atoms with Crippen LogP contribution in [0.4, 0.5) is 0 Å². The molecule has 0 aromatic heterocycles. The summed E-state index contributed by atoms with van der Waals surface area (Å²) in [6.45, 7) is 1.75. The van der Waals surface area contributed by atoms with Crippen molar-refractivity contribution < 1.29 is 58.5 Å². The van der Waals surface area contributed by atoms with Gasteiger partial charge in [-0.15, -0.1) is 0 Å². The van der Waals surface area contributed by atoms with Gasteiger partial charge in [-0.2, -0.15) is 0 Å². The van der Waals surface area contributed by atoms with E-state index in [1.54, 1.807) is 44.2 Å². The lowest BCUT2D eigenvalue weighted by molar-refractivity contribution is -0.138. The largest absolute Gasteiger partial charge is 0.508 e. The van der Waals surface area contributed by atoms with Crippen molar-refractivity contribution in [3.63, 3.8) is 0 Å². The summed E-state index contributed by atoms with van der Waals surface area (Å²) in [5.74, 6) is -8.54. The van der Waals surface area contributed by atoms with E-state index in [0.29, 0.717) is 43.2 Å². The normalized spacial score (nSPS) is 13.8. The van der Waals surface area contributed by atoms with Crippen molar-refractivity contribution in [2.24, 2.45) is 39.6 Å². The van der Waals surface area contributed by atoms with Gasteiger partial charge in [-0.05, 0) is 93.6 Å². The fourth-order valence-electron chi connectivity index (χ4n) is 7.20. The number of aromatic hydroxyl groups is 1. The fraction of sp³-hybridized carbons (Fsp3) is 0.542. The number of guanidine groups is 1. The van der Waals surface area contributed by atoms with Crippen LogP contribution in [-0.4, -0.2) is 156 Å². The molecule has 0 fully saturated rings. The van der Waals surface area contributed by atoms with Crippen LogP contribution < -0.4 is 71.2 Å². The van der Waals surface area contributed by atoms with E-state index in [9.17, 15) is 53.4 Å². The Kier molecular flexibility index (Phi) is 28.9. The fourth-order valence-corrected chi connectivity index (χ4v) is 7.20. The number of hydrogen-bond acceptors (Lipinski definition) is 15. The number of unbranched alkanes of at least 4 members (excludes halogenated alkanes) is 2. The zero-order chi connectivity index (χ0) is 55.2. The molecule has 0 saturated carbocycles. The van der Waals surface area contributed by atoms with Gasteiger partial charge in [0.05, 0.1) is 19.2 Å². The third-order valence-electron chi connectivity index (χ3n) is 11.3. The number of aliphatic hydroxyl groups is 1. The number of rotatable bonds is 35. The second-order valence-corrected chi connectivity index (χ2v) is 17.8. The molecule has 26 heteroatoms. The third-order valence-corrected chi connectivity index (χ3v) is 11.3. The van der Waals surface area contributed by atoms with Crippen molar-refractivity contribution in [2.75, 3.05) is 39.3 Å². The first-order chi connectivity index (χ1) is 35.2. The number of aliphatic carboxylic acids is 1. The molecule has 0 aliphatic heterocycles. The van der Waals surface area contributed by atoms with Crippen molar-refractivity contribution in [2.45, 2.75) is 120 Å². The quantitative estimate of drug-likeness (QED) is 0.0176. The van der Waals surface area contributed by atoms with Crippen molar-refractivity contribution in [3.8, 4) is 5.75 Å². The van der Waals surface area contributed by atoms with Gasteiger partial charge in [0, 0.05) is 19.4 Å². The van der Waals surface area contributed by atoms with Gasteiger partial charge in [-0.1, -0.05) is 56.3 Å². The maximum absolute atomic E-state index is 14.1. The SMILES string of the molecule is CC(C)[C@H](NC(=O)CNC(=O)[C@H](Cc1ccccc1)NC(=O)[C@H](CO)NC(=O)[C@@H](N)CCCN=C(N)N)C(=O)N[C@@H](CCCCN)C(=O)N[C@@H](CCCCN)C(=O)N[C@@H](Cc1ccc(O)cc1)C(=O)NCC(=O)O. The van der Waals surface area contributed by atoms with E-state index in [1.165, 1.54) is 24.3 Å². The van der Waals surface area contributed by atoms with Gasteiger partial charge in [-0.25, -0.2) is 0 Å². The molecule has 0 aliphatic rings. The number of hydrogen-bond donors (Lipinski definition) is 16. The summed E-state index contributed by atoms with van der Waals surface area (Å²) in [6.07, 6.45) is 2.11. The molecule has 0 radical (unpaired) electrons. The van der Waals surface area contributed by atoms with Crippen LogP contribution in [0.15, 0.2) is 59.6 Å². The smallest absolute Gasteiger partial charge is 0.322 e. The Morgan fingerprint density at radius 2 is 1.03 bits per heavy atom. The Morgan fingerprint density at radius 1 is 0.554 bits per heavy atom. The lowest BCUT2D eigenvalue weighted by atomic mass is 10.0. The zero-order valence-corrected chi connectivity index (χ0v) is 42.0. The van der Waals surface area contributed by atoms with E-state index in [2.05, 4.69) is 47.5 Å². The van der Waals surface area contributed by atoms with Crippen molar-refractivity contribution in [3.05, 3.63) is 65.7 Å². The molecule has 21 N–H and O–H groups in total. The lowest BCUT2D eigenvalue weighted by Crippen LogP contribution is -2.60. The maximum atomic E-state index is 14.1. The van der Waals surface area contributed by atoms with E-state index in [-0.39, 0.29) is 63.4 Å². The van der Waals surface area contributed by atoms with Crippen molar-refractivity contribution in [1.82, 2.24) is 42.5 Å². The second kappa shape index (κ2) is 34.1. The van der Waals surface area contributed by atoms with Crippen LogP contribution >= 0.6 is 0 Å². The number of nitrogens with two attached hydrogens (primary N) is 5. The Morgan fingerprint density at radius 3 is 1.51 bits per heavy atom. The molecule has 0 spiro atoms. The number of aliphatic hydroxyl groups excluding tert-OH is 1. The van der Waals surface area contributed by atoms with E-state index in [0.717, 1.165) is 0 Å². The average Bonchev–Trinajstić information content (AvgIpc) is 3.36.